The zero-order valence-electron chi connectivity index (χ0n) is 14.0. The molecule has 1 heterocycles. The minimum atomic E-state index is -1.57. The van der Waals surface area contributed by atoms with Crippen LogP contribution in [-0.2, 0) is 0 Å². The number of nitrogens with zero attached hydrogens (tertiary/aromatic N) is 4. The van der Waals surface area contributed by atoms with E-state index in [4.69, 9.17) is 0 Å². The molecule has 1 aromatic heterocycles. The Morgan fingerprint density at radius 1 is 0.885 bits per heavy atom. The van der Waals surface area contributed by atoms with Gasteiger partial charge in [-0.25, -0.2) is 13.2 Å². The van der Waals surface area contributed by atoms with Crippen LogP contribution in [0.15, 0.2) is 42.6 Å². The van der Waals surface area contributed by atoms with Gasteiger partial charge in [0.05, 0.1) is 11.9 Å². The molecule has 9 heteroatoms. The van der Waals surface area contributed by atoms with E-state index in [2.05, 4.69) is 25.8 Å². The van der Waals surface area contributed by atoms with Gasteiger partial charge in [-0.15, -0.1) is 5.10 Å². The Hall–Kier alpha value is -3.36. The molecular formula is C17H15F3N6. The molecule has 6 nitrogen and oxygen atoms in total. The fourth-order valence-corrected chi connectivity index (χ4v) is 2.15. The van der Waals surface area contributed by atoms with Crippen molar-refractivity contribution < 1.29 is 13.2 Å². The summed E-state index contributed by atoms with van der Waals surface area (Å²) in [6.07, 6.45) is 1.38. The summed E-state index contributed by atoms with van der Waals surface area (Å²) in [7, 11) is 3.87. The molecule has 2 aromatic carbocycles. The first-order valence-corrected chi connectivity index (χ1v) is 7.58. The molecule has 0 aliphatic carbocycles. The van der Waals surface area contributed by atoms with E-state index in [1.165, 1.54) is 6.20 Å². The summed E-state index contributed by atoms with van der Waals surface area (Å²) in [5.74, 6) is -3.92. The Kier molecular flexibility index (Phi) is 4.87. The highest BCUT2D eigenvalue weighted by atomic mass is 19.2. The zero-order chi connectivity index (χ0) is 18.7. The Morgan fingerprint density at radius 3 is 2.31 bits per heavy atom. The Morgan fingerprint density at radius 2 is 1.62 bits per heavy atom. The van der Waals surface area contributed by atoms with E-state index in [-0.39, 0.29) is 11.6 Å². The molecule has 2 N–H and O–H groups in total. The van der Waals surface area contributed by atoms with E-state index in [1.54, 1.807) is 0 Å². The minimum absolute atomic E-state index is 0.0650. The van der Waals surface area contributed by atoms with E-state index in [0.29, 0.717) is 5.82 Å². The monoisotopic (exact) mass is 360 g/mol. The van der Waals surface area contributed by atoms with Gasteiger partial charge in [0.1, 0.15) is 0 Å². The van der Waals surface area contributed by atoms with Crippen molar-refractivity contribution >= 4 is 28.8 Å². The van der Waals surface area contributed by atoms with E-state index in [9.17, 15) is 13.2 Å². The summed E-state index contributed by atoms with van der Waals surface area (Å²) in [4.78, 5) is 6.09. The fourth-order valence-electron chi connectivity index (χ4n) is 2.15. The van der Waals surface area contributed by atoms with Crippen molar-refractivity contribution in [2.75, 3.05) is 29.6 Å². The maximum absolute atomic E-state index is 13.7. The average Bonchev–Trinajstić information content (AvgIpc) is 2.63. The minimum Gasteiger partial charge on any atom is -0.378 e. The molecule has 0 bridgehead atoms. The number of halogens is 3. The van der Waals surface area contributed by atoms with Gasteiger partial charge in [0.15, 0.2) is 23.3 Å². The van der Waals surface area contributed by atoms with Gasteiger partial charge in [0.25, 0.3) is 0 Å². The summed E-state index contributed by atoms with van der Waals surface area (Å²) < 4.78 is 40.0. The molecule has 0 saturated heterocycles. The Balaban J connectivity index is 1.77. The van der Waals surface area contributed by atoms with Gasteiger partial charge in [0.2, 0.25) is 5.95 Å². The van der Waals surface area contributed by atoms with Crippen LogP contribution in [0.1, 0.15) is 0 Å². The third-order valence-electron chi connectivity index (χ3n) is 3.50. The van der Waals surface area contributed by atoms with Gasteiger partial charge < -0.3 is 15.5 Å². The molecule has 0 amide bonds. The molecule has 0 radical (unpaired) electrons. The number of rotatable bonds is 5. The number of nitrogens with one attached hydrogen (secondary N) is 2. The standard InChI is InChI=1S/C17H15F3N6/c1-26(2)11-5-3-10(4-6-11)22-14-9-21-25-17(24-14)23-13-8-7-12(18)15(19)16(13)20/h3-9H,1-2H3,(H2,22,23,24,25). The first kappa shape index (κ1) is 17.5. The van der Waals surface area contributed by atoms with Crippen molar-refractivity contribution in [2.45, 2.75) is 0 Å². The predicted octanol–water partition coefficient (Wildman–Crippen LogP) is 3.84. The van der Waals surface area contributed by atoms with Crippen LogP contribution in [0.4, 0.5) is 42.0 Å². The summed E-state index contributed by atoms with van der Waals surface area (Å²) in [5, 5.41) is 13.0. The van der Waals surface area contributed by atoms with Gasteiger partial charge in [-0.1, -0.05) is 0 Å². The molecular weight excluding hydrogens is 345 g/mol. The van der Waals surface area contributed by atoms with E-state index in [1.807, 2.05) is 43.3 Å². The quantitative estimate of drug-likeness (QED) is 0.674. The third kappa shape index (κ3) is 3.82. The molecule has 0 fully saturated rings. The summed E-state index contributed by atoms with van der Waals surface area (Å²) >= 11 is 0. The highest BCUT2D eigenvalue weighted by Crippen LogP contribution is 2.23. The number of anilines is 5. The van der Waals surface area contributed by atoms with Crippen molar-refractivity contribution in [3.8, 4) is 0 Å². The second-order valence-corrected chi connectivity index (χ2v) is 5.58. The van der Waals surface area contributed by atoms with Crippen molar-refractivity contribution in [2.24, 2.45) is 0 Å². The van der Waals surface area contributed by atoms with Crippen molar-refractivity contribution in [1.29, 1.82) is 0 Å². The van der Waals surface area contributed by atoms with Crippen molar-refractivity contribution in [3.05, 3.63) is 60.0 Å². The molecule has 0 spiro atoms. The number of benzene rings is 2. The van der Waals surface area contributed by atoms with Crippen LogP contribution in [0.5, 0.6) is 0 Å². The molecule has 3 rings (SSSR count). The van der Waals surface area contributed by atoms with Gasteiger partial charge in [-0.3, -0.25) is 0 Å². The average molecular weight is 360 g/mol. The molecule has 0 aliphatic heterocycles. The largest absolute Gasteiger partial charge is 0.378 e. The van der Waals surface area contributed by atoms with Gasteiger partial charge in [-0.2, -0.15) is 10.1 Å². The summed E-state index contributed by atoms with van der Waals surface area (Å²) in [6.45, 7) is 0. The molecule has 3 aromatic rings. The maximum Gasteiger partial charge on any atom is 0.249 e. The molecule has 0 aliphatic rings. The fraction of sp³-hybridized carbons (Fsp3) is 0.118. The molecule has 0 unspecified atom stereocenters. The predicted molar refractivity (Wildman–Crippen MR) is 93.5 cm³/mol. The van der Waals surface area contributed by atoms with E-state index in [0.717, 1.165) is 23.5 Å². The topological polar surface area (TPSA) is 66.0 Å². The number of hydrogen-bond acceptors (Lipinski definition) is 6. The van der Waals surface area contributed by atoms with Crippen molar-refractivity contribution in [3.63, 3.8) is 0 Å². The highest BCUT2D eigenvalue weighted by Gasteiger charge is 2.14. The Labute approximate surface area is 147 Å². The molecule has 26 heavy (non-hydrogen) atoms. The lowest BCUT2D eigenvalue weighted by Crippen LogP contribution is -2.08. The second-order valence-electron chi connectivity index (χ2n) is 5.58. The lowest BCUT2D eigenvalue weighted by molar-refractivity contribution is 0.449. The van der Waals surface area contributed by atoms with Crippen LogP contribution in [0, 0.1) is 17.5 Å². The maximum atomic E-state index is 13.7. The first-order valence-electron chi connectivity index (χ1n) is 7.58. The van der Waals surface area contributed by atoms with E-state index < -0.39 is 17.5 Å². The SMILES string of the molecule is CN(C)c1ccc(Nc2cnnc(Nc3ccc(F)c(F)c3F)n2)cc1. The summed E-state index contributed by atoms with van der Waals surface area (Å²) in [5.41, 5.74) is 1.51. The smallest absolute Gasteiger partial charge is 0.249 e. The van der Waals surface area contributed by atoms with Crippen LogP contribution >= 0.6 is 0 Å². The number of aromatic nitrogens is 3. The molecule has 0 atom stereocenters. The lowest BCUT2D eigenvalue weighted by atomic mass is 10.2. The van der Waals surface area contributed by atoms with Crippen LogP contribution in [0.2, 0.25) is 0 Å². The lowest BCUT2D eigenvalue weighted by Gasteiger charge is -2.13. The number of hydrogen-bond donors (Lipinski definition) is 2. The normalized spacial score (nSPS) is 10.5. The molecule has 134 valence electrons. The molecule has 0 saturated carbocycles. The summed E-state index contributed by atoms with van der Waals surface area (Å²) in [6, 6.07) is 9.43. The first-order chi connectivity index (χ1) is 12.4. The second kappa shape index (κ2) is 7.26. The highest BCUT2D eigenvalue weighted by molar-refractivity contribution is 5.61. The third-order valence-corrected chi connectivity index (χ3v) is 3.50. The zero-order valence-corrected chi connectivity index (χ0v) is 14.0. The van der Waals surface area contributed by atoms with Gasteiger partial charge in [0, 0.05) is 25.5 Å². The van der Waals surface area contributed by atoms with Crippen LogP contribution in [-0.4, -0.2) is 29.3 Å². The Bertz CT molecular complexity index is 915. The van der Waals surface area contributed by atoms with Crippen molar-refractivity contribution in [1.82, 2.24) is 15.2 Å². The van der Waals surface area contributed by atoms with Crippen LogP contribution in [0.25, 0.3) is 0 Å². The van der Waals surface area contributed by atoms with E-state index >= 15 is 0 Å². The van der Waals surface area contributed by atoms with Crippen LogP contribution < -0.4 is 15.5 Å². The van der Waals surface area contributed by atoms with Gasteiger partial charge in [-0.05, 0) is 36.4 Å². The van der Waals surface area contributed by atoms with Gasteiger partial charge >= 0.3 is 0 Å². The van der Waals surface area contributed by atoms with Crippen LogP contribution in [0.3, 0.4) is 0 Å².